The molecule has 0 saturated carbocycles. The summed E-state index contributed by atoms with van der Waals surface area (Å²) in [7, 11) is 0. The highest BCUT2D eigenvalue weighted by Gasteiger charge is 2.06. The number of amidine groups is 1. The molecule has 0 saturated heterocycles. The summed E-state index contributed by atoms with van der Waals surface area (Å²) in [5, 5.41) is 15.3. The van der Waals surface area contributed by atoms with Crippen molar-refractivity contribution in [1.29, 1.82) is 5.41 Å². The fraction of sp³-hybridized carbons (Fsp3) is 0.0625. The average Bonchev–Trinajstić information content (AvgIpc) is 2.90. The van der Waals surface area contributed by atoms with Crippen LogP contribution in [0, 0.1) is 11.2 Å². The molecule has 0 atom stereocenters. The molecule has 0 aliphatic rings. The lowest BCUT2D eigenvalue weighted by Crippen LogP contribution is -1.99. The molecule has 6 heteroatoms. The molecular weight excluding hydrogens is 281 g/mol. The number of aromatic nitrogens is 1. The van der Waals surface area contributed by atoms with E-state index in [1.54, 1.807) is 12.1 Å². The van der Waals surface area contributed by atoms with Crippen molar-refractivity contribution in [3.05, 3.63) is 71.7 Å². The second-order valence-electron chi connectivity index (χ2n) is 4.91. The first-order chi connectivity index (χ1) is 10.7. The van der Waals surface area contributed by atoms with Crippen LogP contribution in [0.15, 0.2) is 65.1 Å². The van der Waals surface area contributed by atoms with Gasteiger partial charge in [-0.3, -0.25) is 5.41 Å². The second-order valence-corrected chi connectivity index (χ2v) is 4.91. The van der Waals surface area contributed by atoms with Crippen LogP contribution in [0.4, 0.5) is 4.39 Å². The Balaban J connectivity index is 1.94. The van der Waals surface area contributed by atoms with Gasteiger partial charge in [0.1, 0.15) is 5.82 Å². The molecule has 2 aromatic carbocycles. The Morgan fingerprint density at radius 1 is 1.18 bits per heavy atom. The van der Waals surface area contributed by atoms with Crippen LogP contribution in [0.25, 0.3) is 10.9 Å². The van der Waals surface area contributed by atoms with Crippen molar-refractivity contribution < 1.29 is 4.39 Å². The Morgan fingerprint density at radius 3 is 2.82 bits per heavy atom. The SMILES string of the molecule is N=C(N=NN)c1ccc2c(ccn2Cc2cccc(F)c2)c1. The number of fused-ring (bicyclic) bond motifs is 1. The van der Waals surface area contributed by atoms with E-state index in [2.05, 4.69) is 10.3 Å². The molecule has 0 aliphatic heterocycles. The summed E-state index contributed by atoms with van der Waals surface area (Å²) < 4.78 is 15.3. The van der Waals surface area contributed by atoms with Gasteiger partial charge in [0.05, 0.1) is 0 Å². The predicted octanol–water partition coefficient (Wildman–Crippen LogP) is 3.48. The Morgan fingerprint density at radius 2 is 2.05 bits per heavy atom. The van der Waals surface area contributed by atoms with Crippen molar-refractivity contribution in [3.8, 4) is 0 Å². The number of halogens is 1. The third kappa shape index (κ3) is 2.71. The number of hydrogen-bond donors (Lipinski definition) is 2. The maximum Gasteiger partial charge on any atom is 0.176 e. The van der Waals surface area contributed by atoms with Gasteiger partial charge in [-0.05, 0) is 42.0 Å². The first-order valence-corrected chi connectivity index (χ1v) is 6.70. The standard InChI is InChI=1S/C16H14FN5/c17-14-3-1-2-11(8-14)10-22-7-6-12-9-13(4-5-15(12)22)16(18)20-21-19/h1-9H,10H2,(H3,18,19,20). The van der Waals surface area contributed by atoms with Crippen molar-refractivity contribution in [2.75, 3.05) is 0 Å². The molecule has 3 N–H and O–H groups in total. The van der Waals surface area contributed by atoms with E-state index in [0.29, 0.717) is 12.1 Å². The lowest BCUT2D eigenvalue weighted by atomic mass is 10.1. The zero-order valence-electron chi connectivity index (χ0n) is 11.7. The van der Waals surface area contributed by atoms with Gasteiger partial charge in [0, 0.05) is 29.2 Å². The molecule has 0 radical (unpaired) electrons. The second kappa shape index (κ2) is 5.77. The number of hydrogen-bond acceptors (Lipinski definition) is 2. The molecule has 3 rings (SSSR count). The fourth-order valence-corrected chi connectivity index (χ4v) is 2.43. The van der Waals surface area contributed by atoms with Gasteiger partial charge in [-0.25, -0.2) is 4.39 Å². The van der Waals surface area contributed by atoms with Crippen molar-refractivity contribution in [3.63, 3.8) is 0 Å². The molecule has 1 heterocycles. The minimum atomic E-state index is -0.239. The number of nitrogens with one attached hydrogen (secondary N) is 1. The Bertz CT molecular complexity index is 866. The van der Waals surface area contributed by atoms with Gasteiger partial charge in [-0.1, -0.05) is 17.4 Å². The smallest absolute Gasteiger partial charge is 0.176 e. The third-order valence-electron chi connectivity index (χ3n) is 3.44. The minimum Gasteiger partial charge on any atom is -0.343 e. The topological polar surface area (TPSA) is 79.5 Å². The number of benzene rings is 2. The average molecular weight is 295 g/mol. The van der Waals surface area contributed by atoms with Crippen molar-refractivity contribution in [2.24, 2.45) is 16.2 Å². The quantitative estimate of drug-likeness (QED) is 0.250. The van der Waals surface area contributed by atoms with Crippen LogP contribution in [0.1, 0.15) is 11.1 Å². The van der Waals surface area contributed by atoms with E-state index in [1.165, 1.54) is 12.1 Å². The molecule has 0 spiro atoms. The van der Waals surface area contributed by atoms with Crippen LogP contribution in [0.3, 0.4) is 0 Å². The summed E-state index contributed by atoms with van der Waals surface area (Å²) >= 11 is 0. The van der Waals surface area contributed by atoms with E-state index in [-0.39, 0.29) is 11.7 Å². The highest BCUT2D eigenvalue weighted by atomic mass is 19.1. The highest BCUT2D eigenvalue weighted by molar-refractivity contribution is 6.00. The molecule has 3 aromatic rings. The van der Waals surface area contributed by atoms with E-state index in [1.807, 2.05) is 35.0 Å². The van der Waals surface area contributed by atoms with E-state index in [4.69, 9.17) is 11.3 Å². The molecule has 0 bridgehead atoms. The van der Waals surface area contributed by atoms with Gasteiger partial charge in [0.25, 0.3) is 0 Å². The largest absolute Gasteiger partial charge is 0.343 e. The molecular formula is C16H14FN5. The Kier molecular flexibility index (Phi) is 3.65. The maximum absolute atomic E-state index is 13.3. The normalized spacial score (nSPS) is 11.3. The van der Waals surface area contributed by atoms with E-state index in [9.17, 15) is 4.39 Å². The van der Waals surface area contributed by atoms with Crippen LogP contribution < -0.4 is 5.84 Å². The summed E-state index contributed by atoms with van der Waals surface area (Å²) in [4.78, 5) is 0. The molecule has 5 nitrogen and oxygen atoms in total. The lowest BCUT2D eigenvalue weighted by Gasteiger charge is -2.06. The molecule has 0 aliphatic carbocycles. The summed E-state index contributed by atoms with van der Waals surface area (Å²) in [5.74, 6) is 4.74. The highest BCUT2D eigenvalue weighted by Crippen LogP contribution is 2.20. The minimum absolute atomic E-state index is 0.0160. The van der Waals surface area contributed by atoms with Gasteiger partial charge in [-0.2, -0.15) is 0 Å². The summed E-state index contributed by atoms with van der Waals surface area (Å²) in [5.41, 5.74) is 2.54. The van der Waals surface area contributed by atoms with Gasteiger partial charge < -0.3 is 10.4 Å². The van der Waals surface area contributed by atoms with Gasteiger partial charge >= 0.3 is 0 Å². The predicted molar refractivity (Wildman–Crippen MR) is 83.3 cm³/mol. The van der Waals surface area contributed by atoms with Gasteiger partial charge in [0.15, 0.2) is 5.84 Å². The van der Waals surface area contributed by atoms with E-state index in [0.717, 1.165) is 16.5 Å². The van der Waals surface area contributed by atoms with Crippen LogP contribution >= 0.6 is 0 Å². The van der Waals surface area contributed by atoms with Crippen LogP contribution in [0.2, 0.25) is 0 Å². The summed E-state index contributed by atoms with van der Waals surface area (Å²) in [6.45, 7) is 0.584. The monoisotopic (exact) mass is 295 g/mol. The van der Waals surface area contributed by atoms with Crippen molar-refractivity contribution >= 4 is 16.7 Å². The van der Waals surface area contributed by atoms with Gasteiger partial charge in [-0.15, -0.1) is 5.11 Å². The molecule has 0 unspecified atom stereocenters. The number of nitrogens with zero attached hydrogens (tertiary/aromatic N) is 3. The zero-order chi connectivity index (χ0) is 15.5. The lowest BCUT2D eigenvalue weighted by molar-refractivity contribution is 0.624. The van der Waals surface area contributed by atoms with Crippen LogP contribution in [-0.2, 0) is 6.54 Å². The molecule has 22 heavy (non-hydrogen) atoms. The Hall–Kier alpha value is -3.02. The summed E-state index contributed by atoms with van der Waals surface area (Å²) in [6, 6.07) is 14.1. The first-order valence-electron chi connectivity index (χ1n) is 6.70. The van der Waals surface area contributed by atoms with Gasteiger partial charge in [0.2, 0.25) is 0 Å². The maximum atomic E-state index is 13.3. The zero-order valence-corrected chi connectivity index (χ0v) is 11.7. The molecule has 0 amide bonds. The molecule has 0 fully saturated rings. The van der Waals surface area contributed by atoms with E-state index >= 15 is 0 Å². The van der Waals surface area contributed by atoms with Crippen LogP contribution in [-0.4, -0.2) is 10.4 Å². The third-order valence-corrected chi connectivity index (χ3v) is 3.44. The summed E-state index contributed by atoms with van der Waals surface area (Å²) in [6.07, 6.45) is 1.94. The number of rotatable bonds is 3. The molecule has 110 valence electrons. The van der Waals surface area contributed by atoms with Crippen molar-refractivity contribution in [1.82, 2.24) is 4.57 Å². The van der Waals surface area contributed by atoms with Crippen LogP contribution in [0.5, 0.6) is 0 Å². The Labute approximate surface area is 126 Å². The van der Waals surface area contributed by atoms with E-state index < -0.39 is 0 Å². The first kappa shape index (κ1) is 13.9. The molecule has 1 aromatic heterocycles. The fourth-order valence-electron chi connectivity index (χ4n) is 2.43. The van der Waals surface area contributed by atoms with Crippen molar-refractivity contribution in [2.45, 2.75) is 6.54 Å². The number of nitrogens with two attached hydrogens (primary N) is 1.